The number of nitrogens with one attached hydrogen (secondary N) is 1. The Hall–Kier alpha value is -1.89. The number of carboxylic acids is 2. The van der Waals surface area contributed by atoms with Crippen LogP contribution < -0.4 is 5.32 Å². The summed E-state index contributed by atoms with van der Waals surface area (Å²) < 4.78 is 0. The average molecular weight is 243 g/mol. The lowest BCUT2D eigenvalue weighted by Crippen LogP contribution is -2.14. The van der Waals surface area contributed by atoms with Crippen molar-refractivity contribution in [3.8, 4) is 0 Å². The van der Waals surface area contributed by atoms with Crippen LogP contribution in [-0.4, -0.2) is 28.1 Å². The van der Waals surface area contributed by atoms with Gasteiger partial charge in [-0.3, -0.25) is 9.59 Å². The zero-order chi connectivity index (χ0) is 12.1. The standard InChI is InChI=1S/C9H9NO5S/c11-6(1-2-7(12)13)10-8-5(9(14)15)3-4-16-8/h3-4H,1-2H2,(H,10,11)(H,12,13)(H,14,15). The van der Waals surface area contributed by atoms with Crippen molar-refractivity contribution in [3.63, 3.8) is 0 Å². The van der Waals surface area contributed by atoms with E-state index in [4.69, 9.17) is 10.2 Å². The van der Waals surface area contributed by atoms with Crippen molar-refractivity contribution in [2.45, 2.75) is 12.8 Å². The summed E-state index contributed by atoms with van der Waals surface area (Å²) in [4.78, 5) is 32.1. The number of hydrogen-bond acceptors (Lipinski definition) is 4. The van der Waals surface area contributed by atoms with Gasteiger partial charge in [0.25, 0.3) is 0 Å². The highest BCUT2D eigenvalue weighted by atomic mass is 32.1. The Morgan fingerprint density at radius 1 is 1.25 bits per heavy atom. The van der Waals surface area contributed by atoms with Crippen molar-refractivity contribution in [2.24, 2.45) is 0 Å². The normalized spacial score (nSPS) is 9.75. The van der Waals surface area contributed by atoms with Crippen molar-refractivity contribution in [2.75, 3.05) is 5.32 Å². The second-order valence-corrected chi connectivity index (χ2v) is 3.83. The molecule has 0 aliphatic heterocycles. The zero-order valence-corrected chi connectivity index (χ0v) is 8.91. The van der Waals surface area contributed by atoms with E-state index in [2.05, 4.69) is 5.32 Å². The number of rotatable bonds is 5. The van der Waals surface area contributed by atoms with Crippen LogP contribution in [0.5, 0.6) is 0 Å². The summed E-state index contributed by atoms with van der Waals surface area (Å²) in [7, 11) is 0. The Bertz CT molecular complexity index is 425. The molecule has 6 nitrogen and oxygen atoms in total. The average Bonchev–Trinajstić information content (AvgIpc) is 2.62. The Labute approximate surface area is 94.5 Å². The van der Waals surface area contributed by atoms with Crippen LogP contribution in [0.4, 0.5) is 5.00 Å². The van der Waals surface area contributed by atoms with Crippen LogP contribution in [-0.2, 0) is 9.59 Å². The van der Waals surface area contributed by atoms with Crippen molar-refractivity contribution in [3.05, 3.63) is 17.0 Å². The molecule has 0 aliphatic rings. The van der Waals surface area contributed by atoms with Gasteiger partial charge in [0.05, 0.1) is 12.0 Å². The summed E-state index contributed by atoms with van der Waals surface area (Å²) in [6, 6.07) is 1.37. The monoisotopic (exact) mass is 243 g/mol. The molecule has 0 saturated heterocycles. The molecule has 1 amide bonds. The van der Waals surface area contributed by atoms with Gasteiger partial charge in [0.1, 0.15) is 5.00 Å². The summed E-state index contributed by atoms with van der Waals surface area (Å²) >= 11 is 1.08. The number of thiophene rings is 1. The van der Waals surface area contributed by atoms with Gasteiger partial charge in [0.15, 0.2) is 0 Å². The van der Waals surface area contributed by atoms with E-state index < -0.39 is 17.8 Å². The number of carboxylic acid groups (broad SMARTS) is 2. The molecule has 0 radical (unpaired) electrons. The molecule has 7 heteroatoms. The first-order chi connectivity index (χ1) is 7.50. The van der Waals surface area contributed by atoms with Gasteiger partial charge in [-0.1, -0.05) is 0 Å². The lowest BCUT2D eigenvalue weighted by atomic mass is 10.3. The van der Waals surface area contributed by atoms with Crippen molar-refractivity contribution < 1.29 is 24.6 Å². The third kappa shape index (κ3) is 3.35. The van der Waals surface area contributed by atoms with Crippen LogP contribution in [0.2, 0.25) is 0 Å². The molecule has 0 aliphatic carbocycles. The smallest absolute Gasteiger partial charge is 0.338 e. The van der Waals surface area contributed by atoms with E-state index in [9.17, 15) is 14.4 Å². The number of anilines is 1. The predicted octanol–water partition coefficient (Wildman–Crippen LogP) is 1.25. The van der Waals surface area contributed by atoms with Crippen LogP contribution in [0.1, 0.15) is 23.2 Å². The van der Waals surface area contributed by atoms with Crippen molar-refractivity contribution >= 4 is 34.2 Å². The van der Waals surface area contributed by atoms with Crippen molar-refractivity contribution in [1.82, 2.24) is 0 Å². The first-order valence-corrected chi connectivity index (χ1v) is 5.21. The predicted molar refractivity (Wildman–Crippen MR) is 56.8 cm³/mol. The van der Waals surface area contributed by atoms with E-state index >= 15 is 0 Å². The van der Waals surface area contributed by atoms with Crippen LogP contribution >= 0.6 is 11.3 Å². The first-order valence-electron chi connectivity index (χ1n) is 4.33. The molecule has 3 N–H and O–H groups in total. The summed E-state index contributed by atoms with van der Waals surface area (Å²) in [5, 5.41) is 21.2. The van der Waals surface area contributed by atoms with Crippen LogP contribution in [0.3, 0.4) is 0 Å². The molecular formula is C9H9NO5S. The maximum atomic E-state index is 11.2. The van der Waals surface area contributed by atoms with Gasteiger partial charge in [0, 0.05) is 6.42 Å². The molecule has 0 saturated carbocycles. The fourth-order valence-electron chi connectivity index (χ4n) is 0.984. The third-order valence-electron chi connectivity index (χ3n) is 1.71. The largest absolute Gasteiger partial charge is 0.481 e. The number of aromatic carboxylic acids is 1. The van der Waals surface area contributed by atoms with E-state index in [1.54, 1.807) is 0 Å². The van der Waals surface area contributed by atoms with E-state index in [-0.39, 0.29) is 23.4 Å². The van der Waals surface area contributed by atoms with Gasteiger partial charge in [-0.15, -0.1) is 11.3 Å². The Kier molecular flexibility index (Phi) is 4.01. The highest BCUT2D eigenvalue weighted by Gasteiger charge is 2.14. The molecule has 1 aromatic heterocycles. The van der Waals surface area contributed by atoms with Crippen LogP contribution in [0.15, 0.2) is 11.4 Å². The van der Waals surface area contributed by atoms with Gasteiger partial charge in [0.2, 0.25) is 5.91 Å². The third-order valence-corrected chi connectivity index (χ3v) is 2.54. The number of carbonyl (C=O) groups excluding carboxylic acids is 1. The summed E-state index contributed by atoms with van der Waals surface area (Å²) in [5.41, 5.74) is 0.00803. The van der Waals surface area contributed by atoms with Crippen LogP contribution in [0, 0.1) is 0 Å². The van der Waals surface area contributed by atoms with Gasteiger partial charge >= 0.3 is 11.9 Å². The number of carbonyl (C=O) groups is 3. The number of amides is 1. The number of hydrogen-bond donors (Lipinski definition) is 3. The molecule has 1 heterocycles. The molecule has 86 valence electrons. The molecule has 1 aromatic rings. The SMILES string of the molecule is O=C(O)CCC(=O)Nc1sccc1C(=O)O. The molecule has 0 spiro atoms. The van der Waals surface area contributed by atoms with E-state index in [0.717, 1.165) is 11.3 Å². The molecule has 16 heavy (non-hydrogen) atoms. The molecule has 0 aromatic carbocycles. The first kappa shape index (κ1) is 12.2. The van der Waals surface area contributed by atoms with Gasteiger partial charge < -0.3 is 15.5 Å². The molecular weight excluding hydrogens is 234 g/mol. The molecule has 0 bridgehead atoms. The fourth-order valence-corrected chi connectivity index (χ4v) is 1.78. The maximum absolute atomic E-state index is 11.2. The summed E-state index contributed by atoms with van der Waals surface area (Å²) in [5.74, 6) is -2.71. The zero-order valence-electron chi connectivity index (χ0n) is 8.10. The molecule has 1 rings (SSSR count). The number of aliphatic carboxylic acids is 1. The van der Waals surface area contributed by atoms with Gasteiger partial charge in [-0.2, -0.15) is 0 Å². The quantitative estimate of drug-likeness (QED) is 0.722. The van der Waals surface area contributed by atoms with E-state index in [1.807, 2.05) is 0 Å². The summed E-state index contributed by atoms with van der Waals surface area (Å²) in [6.07, 6.45) is -0.452. The van der Waals surface area contributed by atoms with Crippen molar-refractivity contribution in [1.29, 1.82) is 0 Å². The second-order valence-electron chi connectivity index (χ2n) is 2.91. The highest BCUT2D eigenvalue weighted by molar-refractivity contribution is 7.14. The van der Waals surface area contributed by atoms with E-state index in [1.165, 1.54) is 11.4 Å². The van der Waals surface area contributed by atoms with Gasteiger partial charge in [-0.05, 0) is 11.4 Å². The molecule has 0 unspecified atom stereocenters. The van der Waals surface area contributed by atoms with E-state index in [0.29, 0.717) is 0 Å². The maximum Gasteiger partial charge on any atom is 0.338 e. The Morgan fingerprint density at radius 3 is 2.50 bits per heavy atom. The minimum atomic E-state index is -1.13. The minimum absolute atomic E-state index is 0.00803. The second kappa shape index (κ2) is 5.26. The molecule has 0 fully saturated rings. The lowest BCUT2D eigenvalue weighted by Gasteiger charge is -2.02. The lowest BCUT2D eigenvalue weighted by molar-refractivity contribution is -0.138. The minimum Gasteiger partial charge on any atom is -0.481 e. The molecule has 0 atom stereocenters. The van der Waals surface area contributed by atoms with Crippen LogP contribution in [0.25, 0.3) is 0 Å². The fraction of sp³-hybridized carbons (Fsp3) is 0.222. The highest BCUT2D eigenvalue weighted by Crippen LogP contribution is 2.23. The Balaban J connectivity index is 2.59. The summed E-state index contributed by atoms with van der Waals surface area (Å²) in [6.45, 7) is 0. The van der Waals surface area contributed by atoms with Gasteiger partial charge in [-0.25, -0.2) is 4.79 Å². The topological polar surface area (TPSA) is 104 Å². The Morgan fingerprint density at radius 2 is 1.94 bits per heavy atom.